The van der Waals surface area contributed by atoms with Crippen molar-refractivity contribution in [2.45, 2.75) is 50.4 Å². The quantitative estimate of drug-likeness (QED) is 0.813. The molecule has 0 spiro atoms. The summed E-state index contributed by atoms with van der Waals surface area (Å²) in [6, 6.07) is 0.302. The minimum atomic E-state index is -2.96. The number of hydrogen-bond acceptors (Lipinski definition) is 5. The maximum absolute atomic E-state index is 12.0. The van der Waals surface area contributed by atoms with Crippen LogP contribution in [0, 0.1) is 13.8 Å². The minimum Gasteiger partial charge on any atom is -0.352 e. The van der Waals surface area contributed by atoms with Crippen LogP contribution in [-0.2, 0) is 14.6 Å². The van der Waals surface area contributed by atoms with E-state index in [-0.39, 0.29) is 29.2 Å². The Hall–Kier alpha value is -1.02. The lowest BCUT2D eigenvalue weighted by molar-refractivity contribution is -0.119. The third kappa shape index (κ3) is 3.48. The van der Waals surface area contributed by atoms with Crippen LogP contribution in [0.3, 0.4) is 0 Å². The first-order chi connectivity index (χ1) is 10.4. The summed E-state index contributed by atoms with van der Waals surface area (Å²) in [7, 11) is -2.96. The molecule has 6 nitrogen and oxygen atoms in total. The first kappa shape index (κ1) is 15.9. The summed E-state index contributed by atoms with van der Waals surface area (Å²) in [5.41, 5.74) is 2.18. The molecule has 1 saturated carbocycles. The van der Waals surface area contributed by atoms with Crippen LogP contribution in [0.4, 0.5) is 0 Å². The predicted molar refractivity (Wildman–Crippen MR) is 85.9 cm³/mol. The predicted octanol–water partition coefficient (Wildman–Crippen LogP) is 1.23. The number of nitrogens with zero attached hydrogens (tertiary/aromatic N) is 2. The summed E-state index contributed by atoms with van der Waals surface area (Å²) in [5, 5.41) is 3.71. The van der Waals surface area contributed by atoms with Gasteiger partial charge in [0, 0.05) is 17.8 Å². The van der Waals surface area contributed by atoms with Crippen LogP contribution < -0.4 is 5.32 Å². The van der Waals surface area contributed by atoms with Crippen LogP contribution in [0.25, 0.3) is 0 Å². The Morgan fingerprint density at radius 1 is 1.36 bits per heavy atom. The molecule has 1 aromatic rings. The molecule has 1 N–H and O–H groups in total. The second kappa shape index (κ2) is 5.88. The molecule has 1 atom stereocenters. The summed E-state index contributed by atoms with van der Waals surface area (Å²) >= 11 is 1.43. The van der Waals surface area contributed by atoms with Crippen molar-refractivity contribution in [3.05, 3.63) is 11.4 Å². The fourth-order valence-corrected chi connectivity index (χ4v) is 5.41. The number of rotatable bonds is 5. The Kier molecular flexibility index (Phi) is 4.24. The van der Waals surface area contributed by atoms with Gasteiger partial charge in [0.25, 0.3) is 0 Å². The van der Waals surface area contributed by atoms with Crippen LogP contribution >= 0.6 is 11.8 Å². The van der Waals surface area contributed by atoms with E-state index < -0.39 is 9.84 Å². The van der Waals surface area contributed by atoms with Crippen molar-refractivity contribution >= 4 is 27.5 Å². The second-order valence-electron chi connectivity index (χ2n) is 6.12. The number of hydrogen-bond donors (Lipinski definition) is 1. The van der Waals surface area contributed by atoms with Gasteiger partial charge in [-0.25, -0.2) is 13.4 Å². The Morgan fingerprint density at radius 3 is 2.68 bits per heavy atom. The number of nitrogens with one attached hydrogen (secondary N) is 1. The van der Waals surface area contributed by atoms with Crippen LogP contribution in [-0.4, -0.2) is 47.2 Å². The molecule has 1 amide bonds. The van der Waals surface area contributed by atoms with E-state index in [1.165, 1.54) is 30.3 Å². The molecule has 2 aliphatic rings. The normalized spacial score (nSPS) is 23.6. The average molecular weight is 343 g/mol. The molecule has 122 valence electrons. The fourth-order valence-electron chi connectivity index (χ4n) is 2.77. The lowest BCUT2D eigenvalue weighted by atomic mass is 10.3. The molecule has 2 fully saturated rings. The summed E-state index contributed by atoms with van der Waals surface area (Å²) in [5.74, 6) is 0.403. The van der Waals surface area contributed by atoms with E-state index >= 15 is 0 Å². The maximum Gasteiger partial charge on any atom is 0.230 e. The molecule has 0 aromatic carbocycles. The first-order valence-corrected chi connectivity index (χ1v) is 10.3. The third-order valence-corrected chi connectivity index (χ3v) is 6.92. The summed E-state index contributed by atoms with van der Waals surface area (Å²) < 4.78 is 25.0. The van der Waals surface area contributed by atoms with Crippen LogP contribution in [0.5, 0.6) is 0 Å². The molecule has 1 aromatic heterocycles. The standard InChI is InChI=1S/C14H21N3O3S2/c1-9-10(2)17(12-3-4-12)14(15-9)21-7-13(18)16-11-5-6-22(19,20)8-11/h11-12H,3-8H2,1-2H3,(H,16,18). The number of thioether (sulfide) groups is 1. The number of aryl methyl sites for hydroxylation is 1. The highest BCUT2D eigenvalue weighted by Gasteiger charge is 2.30. The van der Waals surface area contributed by atoms with E-state index in [0.717, 1.165) is 10.9 Å². The van der Waals surface area contributed by atoms with Gasteiger partial charge in [0.2, 0.25) is 5.91 Å². The Morgan fingerprint density at radius 2 is 2.09 bits per heavy atom. The highest BCUT2D eigenvalue weighted by Crippen LogP contribution is 2.39. The lowest BCUT2D eigenvalue weighted by Gasteiger charge is -2.11. The number of imidazole rings is 1. The monoisotopic (exact) mass is 343 g/mol. The van der Waals surface area contributed by atoms with Gasteiger partial charge in [0.15, 0.2) is 15.0 Å². The van der Waals surface area contributed by atoms with E-state index in [2.05, 4.69) is 21.8 Å². The van der Waals surface area contributed by atoms with Gasteiger partial charge in [-0.1, -0.05) is 11.8 Å². The lowest BCUT2D eigenvalue weighted by Crippen LogP contribution is -2.36. The van der Waals surface area contributed by atoms with Crippen LogP contribution in [0.1, 0.15) is 36.7 Å². The Balaban J connectivity index is 1.56. The summed E-state index contributed by atoms with van der Waals surface area (Å²) in [6.07, 6.45) is 2.88. The topological polar surface area (TPSA) is 81.1 Å². The highest BCUT2D eigenvalue weighted by atomic mass is 32.2. The van der Waals surface area contributed by atoms with Crippen LogP contribution in [0.2, 0.25) is 0 Å². The molecule has 1 unspecified atom stereocenters. The maximum atomic E-state index is 12.0. The molecule has 0 radical (unpaired) electrons. The number of aromatic nitrogens is 2. The van der Waals surface area contributed by atoms with Gasteiger partial charge in [-0.3, -0.25) is 4.79 Å². The van der Waals surface area contributed by atoms with Gasteiger partial charge in [0.1, 0.15) is 0 Å². The molecule has 3 rings (SSSR count). The minimum absolute atomic E-state index is 0.0678. The largest absolute Gasteiger partial charge is 0.352 e. The van der Waals surface area contributed by atoms with E-state index in [1.54, 1.807) is 0 Å². The zero-order valence-corrected chi connectivity index (χ0v) is 14.5. The fraction of sp³-hybridized carbons (Fsp3) is 0.714. The molecule has 0 bridgehead atoms. The van der Waals surface area contributed by atoms with Gasteiger partial charge in [0.05, 0.1) is 23.0 Å². The molecule has 8 heteroatoms. The number of carbonyl (C=O) groups excluding carboxylic acids is 1. The van der Waals surface area contributed by atoms with Gasteiger partial charge < -0.3 is 9.88 Å². The van der Waals surface area contributed by atoms with Crippen molar-refractivity contribution in [2.75, 3.05) is 17.3 Å². The van der Waals surface area contributed by atoms with Crippen molar-refractivity contribution in [3.63, 3.8) is 0 Å². The highest BCUT2D eigenvalue weighted by molar-refractivity contribution is 7.99. The van der Waals surface area contributed by atoms with Crippen LogP contribution in [0.15, 0.2) is 5.16 Å². The number of amides is 1. The molecular weight excluding hydrogens is 322 g/mol. The molecule has 22 heavy (non-hydrogen) atoms. The van der Waals surface area contributed by atoms with E-state index in [1.807, 2.05) is 6.92 Å². The second-order valence-corrected chi connectivity index (χ2v) is 9.29. The van der Waals surface area contributed by atoms with Crippen molar-refractivity contribution in [1.82, 2.24) is 14.9 Å². The van der Waals surface area contributed by atoms with E-state index in [0.29, 0.717) is 12.5 Å². The van der Waals surface area contributed by atoms with Crippen molar-refractivity contribution in [2.24, 2.45) is 0 Å². The molecular formula is C14H21N3O3S2. The van der Waals surface area contributed by atoms with Gasteiger partial charge >= 0.3 is 0 Å². The SMILES string of the molecule is Cc1nc(SCC(=O)NC2CCS(=O)(=O)C2)n(C2CC2)c1C. The van der Waals surface area contributed by atoms with Crippen molar-refractivity contribution < 1.29 is 13.2 Å². The smallest absolute Gasteiger partial charge is 0.230 e. The van der Waals surface area contributed by atoms with Crippen molar-refractivity contribution in [3.8, 4) is 0 Å². The van der Waals surface area contributed by atoms with Crippen molar-refractivity contribution in [1.29, 1.82) is 0 Å². The zero-order valence-electron chi connectivity index (χ0n) is 12.8. The Bertz CT molecular complexity index is 692. The van der Waals surface area contributed by atoms with Gasteiger partial charge in [-0.05, 0) is 33.1 Å². The average Bonchev–Trinajstić information content (AvgIpc) is 3.15. The van der Waals surface area contributed by atoms with E-state index in [4.69, 9.17) is 0 Å². The Labute approximate surface area is 135 Å². The summed E-state index contributed by atoms with van der Waals surface area (Å²) in [6.45, 7) is 4.05. The van der Waals surface area contributed by atoms with E-state index in [9.17, 15) is 13.2 Å². The third-order valence-electron chi connectivity index (χ3n) is 4.20. The summed E-state index contributed by atoms with van der Waals surface area (Å²) in [4.78, 5) is 16.6. The number of carbonyl (C=O) groups is 1. The molecule has 2 heterocycles. The molecule has 1 aliphatic heterocycles. The first-order valence-electron chi connectivity index (χ1n) is 7.54. The molecule has 1 saturated heterocycles. The molecule has 1 aliphatic carbocycles. The number of sulfone groups is 1. The zero-order chi connectivity index (χ0) is 15.9. The van der Waals surface area contributed by atoms with Gasteiger partial charge in [-0.2, -0.15) is 0 Å². The van der Waals surface area contributed by atoms with Gasteiger partial charge in [-0.15, -0.1) is 0 Å².